The van der Waals surface area contributed by atoms with Gasteiger partial charge in [0.05, 0.1) is 0 Å². The maximum atomic E-state index is 9.69. The minimum atomic E-state index is 0. The molecular weight excluding hydrogens is 603 g/mol. The van der Waals surface area contributed by atoms with E-state index in [1.807, 2.05) is 36.4 Å². The summed E-state index contributed by atoms with van der Waals surface area (Å²) in [4.78, 5) is 0. The van der Waals surface area contributed by atoms with Crippen LogP contribution in [0, 0.1) is 0 Å². The van der Waals surface area contributed by atoms with Crippen LogP contribution in [0.15, 0.2) is 48.5 Å². The Labute approximate surface area is 289 Å². The van der Waals surface area contributed by atoms with Crippen molar-refractivity contribution >= 4 is 0 Å². The zero-order chi connectivity index (χ0) is 30.4. The number of phenols is 2. The van der Waals surface area contributed by atoms with Crippen molar-refractivity contribution in [3.05, 3.63) is 59.7 Å². The Morgan fingerprint density at radius 2 is 0.578 bits per heavy atom. The van der Waals surface area contributed by atoms with Gasteiger partial charge in [0.15, 0.2) is 0 Å². The summed E-state index contributed by atoms with van der Waals surface area (Å²) in [5, 5.41) is 19.4. The van der Waals surface area contributed by atoms with Crippen molar-refractivity contribution in [3.8, 4) is 11.5 Å². The van der Waals surface area contributed by atoms with Gasteiger partial charge >= 0.3 is 0 Å². The zero-order valence-corrected chi connectivity index (χ0v) is 30.3. The largest absolute Gasteiger partial charge is 0.508 e. The van der Waals surface area contributed by atoms with Crippen LogP contribution >= 0.6 is 0 Å². The van der Waals surface area contributed by atoms with Gasteiger partial charge in [-0.1, -0.05) is 192 Å². The molecule has 0 amide bonds. The number of rotatable bonds is 26. The van der Waals surface area contributed by atoms with Crippen LogP contribution in [0.25, 0.3) is 0 Å². The maximum absolute atomic E-state index is 9.69. The van der Waals surface area contributed by atoms with Crippen LogP contribution < -0.4 is 0 Å². The SMILES string of the molecule is CCCCCCCCCCCCCCc1ccccc1O.CCCCCCCCCCCCCCc1ccccc1O.O.O.[Co]. The van der Waals surface area contributed by atoms with E-state index in [2.05, 4.69) is 13.8 Å². The second kappa shape index (κ2) is 36.9. The summed E-state index contributed by atoms with van der Waals surface area (Å²) < 4.78 is 0. The molecular formula is C40H72CoO4. The molecule has 0 aliphatic carbocycles. The fourth-order valence-corrected chi connectivity index (χ4v) is 5.76. The van der Waals surface area contributed by atoms with Crippen LogP contribution in [-0.2, 0) is 29.6 Å². The molecule has 0 aliphatic heterocycles. The van der Waals surface area contributed by atoms with Gasteiger partial charge in [-0.05, 0) is 48.9 Å². The summed E-state index contributed by atoms with van der Waals surface area (Å²) in [6.07, 6.45) is 35.2. The van der Waals surface area contributed by atoms with Crippen molar-refractivity contribution in [2.45, 2.75) is 181 Å². The standard InChI is InChI=1S/2C20H34O.Co.2H2O/c2*1-2-3-4-5-6-7-8-9-10-11-12-13-16-19-17-14-15-18-20(19)21;;;/h2*14-15,17-18,21H,2-13,16H2,1H3;;2*1H2. The third-order valence-electron chi connectivity index (χ3n) is 8.58. The average molecular weight is 676 g/mol. The molecule has 6 N–H and O–H groups in total. The van der Waals surface area contributed by atoms with Crippen LogP contribution in [0.4, 0.5) is 0 Å². The van der Waals surface area contributed by atoms with Gasteiger partial charge < -0.3 is 21.2 Å². The van der Waals surface area contributed by atoms with Crippen molar-refractivity contribution in [3.63, 3.8) is 0 Å². The number of hydrogen-bond donors (Lipinski definition) is 2. The molecule has 0 fully saturated rings. The fourth-order valence-electron chi connectivity index (χ4n) is 5.76. The summed E-state index contributed by atoms with van der Waals surface area (Å²) >= 11 is 0. The van der Waals surface area contributed by atoms with E-state index < -0.39 is 0 Å². The van der Waals surface area contributed by atoms with Gasteiger partial charge in [-0.25, -0.2) is 0 Å². The molecule has 4 nitrogen and oxygen atoms in total. The number of aromatic hydroxyl groups is 2. The molecule has 0 aromatic heterocycles. The van der Waals surface area contributed by atoms with E-state index in [0.29, 0.717) is 11.5 Å². The Morgan fingerprint density at radius 3 is 0.822 bits per heavy atom. The van der Waals surface area contributed by atoms with E-state index in [0.717, 1.165) is 24.0 Å². The predicted octanol–water partition coefficient (Wildman–Crippen LogP) is 11.6. The molecule has 2 aromatic rings. The molecule has 265 valence electrons. The topological polar surface area (TPSA) is 103 Å². The van der Waals surface area contributed by atoms with E-state index in [1.54, 1.807) is 12.1 Å². The Bertz CT molecular complexity index is 775. The Kier molecular flexibility index (Phi) is 39.3. The molecule has 2 rings (SSSR count). The minimum Gasteiger partial charge on any atom is -0.508 e. The maximum Gasteiger partial charge on any atom is 0.118 e. The molecule has 0 saturated heterocycles. The molecule has 0 atom stereocenters. The fraction of sp³-hybridized carbons (Fsp3) is 0.700. The van der Waals surface area contributed by atoms with Crippen LogP contribution in [0.1, 0.15) is 179 Å². The Morgan fingerprint density at radius 1 is 0.356 bits per heavy atom. The Hall–Kier alpha value is -1.53. The molecule has 0 unspecified atom stereocenters. The molecule has 0 spiro atoms. The van der Waals surface area contributed by atoms with Crippen molar-refractivity contribution in [1.82, 2.24) is 0 Å². The van der Waals surface area contributed by atoms with E-state index in [-0.39, 0.29) is 27.7 Å². The Balaban J connectivity index is -0.000000735. The molecule has 45 heavy (non-hydrogen) atoms. The van der Waals surface area contributed by atoms with Gasteiger partial charge in [0, 0.05) is 16.8 Å². The van der Waals surface area contributed by atoms with Gasteiger partial charge in [-0.15, -0.1) is 0 Å². The third-order valence-corrected chi connectivity index (χ3v) is 8.58. The summed E-state index contributed by atoms with van der Waals surface area (Å²) in [7, 11) is 0. The summed E-state index contributed by atoms with van der Waals surface area (Å²) in [6.45, 7) is 4.55. The molecule has 1 radical (unpaired) electrons. The van der Waals surface area contributed by atoms with Crippen LogP contribution in [0.2, 0.25) is 0 Å². The number of aryl methyl sites for hydroxylation is 2. The number of benzene rings is 2. The van der Waals surface area contributed by atoms with Crippen molar-refractivity contribution in [2.75, 3.05) is 0 Å². The van der Waals surface area contributed by atoms with E-state index in [1.165, 1.54) is 154 Å². The predicted molar refractivity (Wildman–Crippen MR) is 193 cm³/mol. The molecule has 0 saturated carbocycles. The van der Waals surface area contributed by atoms with E-state index in [4.69, 9.17) is 0 Å². The smallest absolute Gasteiger partial charge is 0.118 e. The van der Waals surface area contributed by atoms with Crippen LogP contribution in [-0.4, -0.2) is 21.2 Å². The van der Waals surface area contributed by atoms with Gasteiger partial charge in [0.1, 0.15) is 11.5 Å². The monoisotopic (exact) mass is 675 g/mol. The summed E-state index contributed by atoms with van der Waals surface area (Å²) in [5.74, 6) is 0.918. The van der Waals surface area contributed by atoms with E-state index >= 15 is 0 Å². The van der Waals surface area contributed by atoms with Crippen molar-refractivity contribution in [1.29, 1.82) is 0 Å². The molecule has 0 heterocycles. The summed E-state index contributed by atoms with van der Waals surface area (Å²) in [6, 6.07) is 15.4. The van der Waals surface area contributed by atoms with Crippen LogP contribution in [0.5, 0.6) is 11.5 Å². The second-order valence-corrected chi connectivity index (χ2v) is 12.5. The first-order valence-corrected chi connectivity index (χ1v) is 18.2. The normalized spacial score (nSPS) is 10.2. The summed E-state index contributed by atoms with van der Waals surface area (Å²) in [5.41, 5.74) is 2.20. The molecule has 2 aromatic carbocycles. The van der Waals surface area contributed by atoms with Gasteiger partial charge in [-0.3, -0.25) is 0 Å². The molecule has 0 aliphatic rings. The number of hydrogen-bond acceptors (Lipinski definition) is 2. The minimum absolute atomic E-state index is 0. The molecule has 0 bridgehead atoms. The van der Waals surface area contributed by atoms with E-state index in [9.17, 15) is 10.2 Å². The zero-order valence-electron chi connectivity index (χ0n) is 29.2. The third kappa shape index (κ3) is 29.6. The average Bonchev–Trinajstić information content (AvgIpc) is 3.00. The van der Waals surface area contributed by atoms with Gasteiger partial charge in [0.2, 0.25) is 0 Å². The van der Waals surface area contributed by atoms with Crippen molar-refractivity contribution < 1.29 is 37.9 Å². The first-order valence-electron chi connectivity index (χ1n) is 18.2. The first-order chi connectivity index (χ1) is 20.7. The van der Waals surface area contributed by atoms with Gasteiger partial charge in [-0.2, -0.15) is 0 Å². The molecule has 5 heteroatoms. The van der Waals surface area contributed by atoms with Crippen LogP contribution in [0.3, 0.4) is 0 Å². The van der Waals surface area contributed by atoms with Crippen molar-refractivity contribution in [2.24, 2.45) is 0 Å². The second-order valence-electron chi connectivity index (χ2n) is 12.5. The first kappa shape index (κ1) is 47.9. The number of phenolic OH excluding ortho intramolecular Hbond substituents is 2. The number of para-hydroxylation sites is 2. The van der Waals surface area contributed by atoms with Gasteiger partial charge in [0.25, 0.3) is 0 Å². The number of unbranched alkanes of at least 4 members (excludes halogenated alkanes) is 22. The quantitative estimate of drug-likeness (QED) is 0.0969.